The van der Waals surface area contributed by atoms with Gasteiger partial charge in [-0.1, -0.05) is 43.0 Å². The van der Waals surface area contributed by atoms with Gasteiger partial charge in [0.05, 0.1) is 31.2 Å². The van der Waals surface area contributed by atoms with E-state index in [0.29, 0.717) is 32.1 Å². The summed E-state index contributed by atoms with van der Waals surface area (Å²) in [4.78, 5) is 13.8. The number of benzene rings is 1. The number of amides is 1. The van der Waals surface area contributed by atoms with Crippen molar-refractivity contribution in [3.63, 3.8) is 0 Å². The van der Waals surface area contributed by atoms with Crippen molar-refractivity contribution in [2.24, 2.45) is 5.92 Å². The normalized spacial score (nSPS) is 21.4. The Morgan fingerprint density at radius 3 is 2.50 bits per heavy atom. The van der Waals surface area contributed by atoms with E-state index in [1.165, 1.54) is 42.5 Å². The van der Waals surface area contributed by atoms with Crippen LogP contribution in [-0.4, -0.2) is 57.4 Å². The predicted octanol–water partition coefficient (Wildman–Crippen LogP) is 1.31. The van der Waals surface area contributed by atoms with Crippen LogP contribution in [0.1, 0.15) is 39.0 Å². The standard InChI is InChI=1S/C20H30ClN3O3S/c1-16(20(25)22-15-17-7-3-2-4-8-17)23-11-13-24(14-12-23)28(26,27)19-10-6-5-9-18(19)21/h5-6,9-10,16-17H,2-4,7-8,11-15H2,1H3,(H,22,25)/p+1/t16-/m0/s1. The molecule has 1 saturated carbocycles. The molecule has 0 aromatic heterocycles. The number of carbonyl (C=O) groups is 1. The molecule has 2 fully saturated rings. The van der Waals surface area contributed by atoms with Crippen LogP contribution in [0, 0.1) is 5.92 Å². The average Bonchev–Trinajstić information content (AvgIpc) is 2.72. The van der Waals surface area contributed by atoms with Gasteiger partial charge in [-0.2, -0.15) is 4.31 Å². The highest BCUT2D eigenvalue weighted by Gasteiger charge is 2.35. The summed E-state index contributed by atoms with van der Waals surface area (Å²) >= 11 is 6.08. The van der Waals surface area contributed by atoms with Crippen LogP contribution in [0.25, 0.3) is 0 Å². The van der Waals surface area contributed by atoms with Gasteiger partial charge in [0.25, 0.3) is 5.91 Å². The molecule has 1 heterocycles. The summed E-state index contributed by atoms with van der Waals surface area (Å²) in [5.41, 5.74) is 0. The molecule has 156 valence electrons. The Morgan fingerprint density at radius 1 is 1.21 bits per heavy atom. The predicted molar refractivity (Wildman–Crippen MR) is 110 cm³/mol. The Balaban J connectivity index is 1.51. The third kappa shape index (κ3) is 5.06. The largest absolute Gasteiger partial charge is 0.351 e. The molecular formula is C20H31ClN3O3S+. The van der Waals surface area contributed by atoms with Crippen molar-refractivity contribution in [3.05, 3.63) is 29.3 Å². The zero-order valence-electron chi connectivity index (χ0n) is 16.5. The summed E-state index contributed by atoms with van der Waals surface area (Å²) in [6.07, 6.45) is 6.26. The number of nitrogens with one attached hydrogen (secondary N) is 2. The average molecular weight is 429 g/mol. The van der Waals surface area contributed by atoms with Crippen molar-refractivity contribution >= 4 is 27.5 Å². The van der Waals surface area contributed by atoms with E-state index in [4.69, 9.17) is 11.6 Å². The first-order valence-electron chi connectivity index (χ1n) is 10.3. The van der Waals surface area contributed by atoms with E-state index in [1.807, 2.05) is 6.92 Å². The number of piperazine rings is 1. The molecule has 28 heavy (non-hydrogen) atoms. The van der Waals surface area contributed by atoms with Crippen LogP contribution >= 0.6 is 11.6 Å². The fourth-order valence-corrected chi connectivity index (χ4v) is 6.15. The second kappa shape index (κ2) is 9.57. The van der Waals surface area contributed by atoms with Crippen molar-refractivity contribution in [3.8, 4) is 0 Å². The van der Waals surface area contributed by atoms with Crippen LogP contribution in [0.3, 0.4) is 0 Å². The maximum absolute atomic E-state index is 12.8. The molecule has 8 heteroatoms. The van der Waals surface area contributed by atoms with Crippen molar-refractivity contribution in [2.75, 3.05) is 32.7 Å². The van der Waals surface area contributed by atoms with E-state index in [2.05, 4.69) is 5.32 Å². The number of nitrogens with zero attached hydrogens (tertiary/aromatic N) is 1. The second-order valence-electron chi connectivity index (χ2n) is 7.96. The summed E-state index contributed by atoms with van der Waals surface area (Å²) in [7, 11) is -3.60. The van der Waals surface area contributed by atoms with Crippen LogP contribution in [0.5, 0.6) is 0 Å². The lowest BCUT2D eigenvalue weighted by molar-refractivity contribution is -0.917. The van der Waals surface area contributed by atoms with E-state index in [1.54, 1.807) is 18.2 Å². The maximum atomic E-state index is 12.8. The van der Waals surface area contributed by atoms with Crippen LogP contribution in [0.4, 0.5) is 0 Å². The van der Waals surface area contributed by atoms with E-state index in [0.717, 1.165) is 11.4 Å². The van der Waals surface area contributed by atoms with E-state index in [9.17, 15) is 13.2 Å². The minimum atomic E-state index is -3.60. The van der Waals surface area contributed by atoms with Crippen molar-refractivity contribution < 1.29 is 18.1 Å². The van der Waals surface area contributed by atoms with Gasteiger partial charge in [0.2, 0.25) is 10.0 Å². The lowest BCUT2D eigenvalue weighted by Gasteiger charge is -2.34. The molecule has 2 N–H and O–H groups in total. The Morgan fingerprint density at radius 2 is 1.86 bits per heavy atom. The van der Waals surface area contributed by atoms with Gasteiger partial charge in [0.15, 0.2) is 6.04 Å². The summed E-state index contributed by atoms with van der Waals surface area (Å²) in [5.74, 6) is 0.681. The minimum Gasteiger partial charge on any atom is -0.351 e. The minimum absolute atomic E-state index is 0.0722. The molecule has 1 amide bonds. The lowest BCUT2D eigenvalue weighted by Crippen LogP contribution is -3.19. The highest BCUT2D eigenvalue weighted by atomic mass is 35.5. The van der Waals surface area contributed by atoms with Crippen molar-refractivity contribution in [1.29, 1.82) is 0 Å². The topological polar surface area (TPSA) is 70.9 Å². The Bertz CT molecular complexity index is 773. The van der Waals surface area contributed by atoms with Gasteiger partial charge >= 0.3 is 0 Å². The number of sulfonamides is 1. The monoisotopic (exact) mass is 428 g/mol. The highest BCUT2D eigenvalue weighted by molar-refractivity contribution is 7.89. The molecular weight excluding hydrogens is 398 g/mol. The maximum Gasteiger partial charge on any atom is 0.278 e. The fraction of sp³-hybridized carbons (Fsp3) is 0.650. The smallest absolute Gasteiger partial charge is 0.278 e. The molecule has 1 atom stereocenters. The van der Waals surface area contributed by atoms with Crippen LogP contribution in [0.2, 0.25) is 5.02 Å². The van der Waals surface area contributed by atoms with Gasteiger partial charge in [-0.25, -0.2) is 8.42 Å². The summed E-state index contributed by atoms with van der Waals surface area (Å²) in [6, 6.07) is 6.36. The van der Waals surface area contributed by atoms with Gasteiger partial charge in [0, 0.05) is 6.54 Å². The first-order valence-corrected chi connectivity index (χ1v) is 12.1. The molecule has 6 nitrogen and oxygen atoms in total. The quantitative estimate of drug-likeness (QED) is 0.717. The van der Waals surface area contributed by atoms with Gasteiger partial charge in [-0.15, -0.1) is 0 Å². The lowest BCUT2D eigenvalue weighted by atomic mass is 9.89. The number of hydrogen-bond acceptors (Lipinski definition) is 3. The molecule has 0 spiro atoms. The molecule has 1 aliphatic carbocycles. The summed E-state index contributed by atoms with van der Waals surface area (Å²) in [5, 5.41) is 3.36. The molecule has 3 rings (SSSR count). The second-order valence-corrected chi connectivity index (χ2v) is 10.3. The van der Waals surface area contributed by atoms with Crippen LogP contribution < -0.4 is 10.2 Å². The number of rotatable bonds is 6. The molecule has 0 bridgehead atoms. The first kappa shape index (κ1) is 21.6. The molecule has 1 aliphatic heterocycles. The van der Waals surface area contributed by atoms with E-state index >= 15 is 0 Å². The molecule has 1 saturated heterocycles. The number of carbonyl (C=O) groups excluding carboxylic acids is 1. The molecule has 1 aromatic rings. The Hall–Kier alpha value is -1.15. The van der Waals surface area contributed by atoms with E-state index < -0.39 is 10.0 Å². The third-order valence-corrected chi connectivity index (χ3v) is 8.51. The van der Waals surface area contributed by atoms with Crippen molar-refractivity contribution in [2.45, 2.75) is 50.0 Å². The Labute approximate surface area is 173 Å². The summed E-state index contributed by atoms with van der Waals surface area (Å²) < 4.78 is 27.2. The van der Waals surface area contributed by atoms with Gasteiger partial charge in [-0.3, -0.25) is 4.79 Å². The zero-order valence-corrected chi connectivity index (χ0v) is 18.1. The highest BCUT2D eigenvalue weighted by Crippen LogP contribution is 2.24. The third-order valence-electron chi connectivity index (χ3n) is 6.11. The molecule has 0 radical (unpaired) electrons. The SMILES string of the molecule is C[C@@H](C(=O)NCC1CCCCC1)[NH+]1CCN(S(=O)(=O)c2ccccc2Cl)CC1. The van der Waals surface area contributed by atoms with E-state index in [-0.39, 0.29) is 21.9 Å². The van der Waals surface area contributed by atoms with Crippen LogP contribution in [-0.2, 0) is 14.8 Å². The number of hydrogen-bond donors (Lipinski definition) is 2. The first-order chi connectivity index (χ1) is 13.4. The molecule has 0 unspecified atom stereocenters. The van der Waals surface area contributed by atoms with Gasteiger partial charge in [0.1, 0.15) is 4.90 Å². The van der Waals surface area contributed by atoms with Crippen molar-refractivity contribution in [1.82, 2.24) is 9.62 Å². The fourth-order valence-electron chi connectivity index (χ4n) is 4.21. The molecule has 2 aliphatic rings. The summed E-state index contributed by atoms with van der Waals surface area (Å²) in [6.45, 7) is 4.71. The van der Waals surface area contributed by atoms with Crippen LogP contribution in [0.15, 0.2) is 29.2 Å². The van der Waals surface area contributed by atoms with Gasteiger partial charge in [-0.05, 0) is 37.8 Å². The molecule has 1 aromatic carbocycles. The zero-order chi connectivity index (χ0) is 20.1. The van der Waals surface area contributed by atoms with Gasteiger partial charge < -0.3 is 10.2 Å². The number of halogens is 1. The number of quaternary nitrogens is 1. The Kier molecular flexibility index (Phi) is 7.36.